The Morgan fingerprint density at radius 2 is 1.16 bits per heavy atom. The van der Waals surface area contributed by atoms with Crippen LogP contribution >= 0.6 is 0 Å². The summed E-state index contributed by atoms with van der Waals surface area (Å²) in [5, 5.41) is 0.642. The second-order valence-corrected chi connectivity index (χ2v) is 21.6. The Labute approximate surface area is 200 Å². The lowest BCUT2D eigenvalue weighted by Gasteiger charge is -2.31. The van der Waals surface area contributed by atoms with E-state index in [9.17, 15) is 0 Å². The quantitative estimate of drug-likeness (QED) is 0.311. The zero-order valence-corrected chi connectivity index (χ0v) is 24.0. The molecule has 0 heterocycles. The van der Waals surface area contributed by atoms with E-state index >= 15 is 0 Å². The topological polar surface area (TPSA) is 0 Å². The summed E-state index contributed by atoms with van der Waals surface area (Å²) in [4.78, 5) is 0. The highest BCUT2D eigenvalue weighted by molar-refractivity contribution is 6.88. The van der Waals surface area contributed by atoms with Gasteiger partial charge in [0.1, 0.15) is 16.1 Å². The van der Waals surface area contributed by atoms with Gasteiger partial charge in [-0.05, 0) is 38.9 Å². The van der Waals surface area contributed by atoms with Gasteiger partial charge in [-0.2, -0.15) is 0 Å². The van der Waals surface area contributed by atoms with E-state index in [0.29, 0.717) is 10.1 Å². The lowest BCUT2D eigenvalue weighted by molar-refractivity contribution is 0.730. The predicted octanol–water partition coefficient (Wildman–Crippen LogP) is 8.81. The highest BCUT2D eigenvalue weighted by Gasteiger charge is 2.34. The summed E-state index contributed by atoms with van der Waals surface area (Å²) in [5.41, 5.74) is 10.9. The molecule has 0 aliphatic carbocycles. The van der Waals surface area contributed by atoms with E-state index in [-0.39, 0.29) is 0 Å². The molecule has 2 heteroatoms. The monoisotopic (exact) mass is 458 g/mol. The van der Waals surface area contributed by atoms with Gasteiger partial charge in [-0.3, -0.25) is 0 Å². The van der Waals surface area contributed by atoms with Crippen LogP contribution in [0.25, 0.3) is 5.57 Å². The van der Waals surface area contributed by atoms with Crippen molar-refractivity contribution >= 4 is 21.7 Å². The lowest BCUT2D eigenvalue weighted by Crippen LogP contribution is -2.35. The third kappa shape index (κ3) is 7.70. The molecule has 0 bridgehead atoms. The van der Waals surface area contributed by atoms with Crippen LogP contribution in [0.3, 0.4) is 0 Å². The second kappa shape index (κ2) is 10.6. The molecule has 0 spiro atoms. The minimum Gasteiger partial charge on any atom is -0.135 e. The zero-order valence-electron chi connectivity index (χ0n) is 22.0. The lowest BCUT2D eigenvalue weighted by atomic mass is 9.99. The summed E-state index contributed by atoms with van der Waals surface area (Å²) in [5.74, 6) is 3.38. The fraction of sp³-hybridized carbons (Fsp3) is 0.400. The van der Waals surface area contributed by atoms with Crippen molar-refractivity contribution in [2.24, 2.45) is 0 Å². The Kier molecular flexibility index (Phi) is 9.17. The number of terminal acetylenes is 1. The summed E-state index contributed by atoms with van der Waals surface area (Å²) in [6.07, 6.45) is 5.40. The first-order valence-electron chi connectivity index (χ1n) is 11.4. The van der Waals surface area contributed by atoms with E-state index < -0.39 is 16.1 Å². The van der Waals surface area contributed by atoms with Gasteiger partial charge in [-0.1, -0.05) is 123 Å². The van der Waals surface area contributed by atoms with Crippen LogP contribution < -0.4 is 0 Å². The van der Waals surface area contributed by atoms with Crippen LogP contribution in [0.15, 0.2) is 61.2 Å². The van der Waals surface area contributed by atoms with Gasteiger partial charge in [0.2, 0.25) is 0 Å². The first-order valence-corrected chi connectivity index (χ1v) is 17.4. The molecule has 0 amide bonds. The third-order valence-electron chi connectivity index (χ3n) is 6.99. The standard InChI is InChI=1S/C22H26Si.C8H16Si/c1-18(20-10-8-7-9-11-20)21-14-12-19(13-15-21)16-17-23(5,6)22(2,3)4;1-7-9(5,6)8(2,3)4/h7-15H,1H2,2-6H3;1H,2-6H3. The first-order chi connectivity index (χ1) is 14.5. The highest BCUT2D eigenvalue weighted by atomic mass is 28.3. The van der Waals surface area contributed by atoms with Crippen molar-refractivity contribution in [1.82, 2.24) is 0 Å². The van der Waals surface area contributed by atoms with Crippen LogP contribution in [0.2, 0.25) is 36.3 Å². The molecule has 0 aromatic heterocycles. The Hall–Kier alpha value is -2.27. The molecule has 2 rings (SSSR count). The molecular weight excluding hydrogens is 417 g/mol. The smallest absolute Gasteiger partial charge is 0.135 e. The first kappa shape index (κ1) is 27.8. The molecular formula is C30H42Si2. The van der Waals surface area contributed by atoms with Crippen LogP contribution in [0.5, 0.6) is 0 Å². The molecule has 2 aromatic rings. The summed E-state index contributed by atoms with van der Waals surface area (Å²) in [6.45, 7) is 26.9. The van der Waals surface area contributed by atoms with E-state index in [1.165, 1.54) is 0 Å². The van der Waals surface area contributed by atoms with Crippen molar-refractivity contribution in [3.05, 3.63) is 77.9 Å². The van der Waals surface area contributed by atoms with E-state index in [4.69, 9.17) is 6.42 Å². The van der Waals surface area contributed by atoms with Gasteiger partial charge < -0.3 is 0 Å². The fourth-order valence-corrected chi connectivity index (χ4v) is 3.46. The average Bonchev–Trinajstić information content (AvgIpc) is 2.71. The summed E-state index contributed by atoms with van der Waals surface area (Å²) in [7, 11) is -2.91. The molecule has 0 saturated carbocycles. The van der Waals surface area contributed by atoms with Gasteiger partial charge in [0.25, 0.3) is 0 Å². The molecule has 0 saturated heterocycles. The normalized spacial score (nSPS) is 11.9. The predicted molar refractivity (Wildman–Crippen MR) is 151 cm³/mol. The molecule has 0 N–H and O–H groups in total. The maximum Gasteiger partial charge on any atom is 0.138 e. The van der Waals surface area contributed by atoms with Crippen LogP contribution in [-0.4, -0.2) is 16.1 Å². The molecule has 0 radical (unpaired) electrons. The van der Waals surface area contributed by atoms with E-state index in [2.05, 4.69) is 128 Å². The van der Waals surface area contributed by atoms with Gasteiger partial charge in [0, 0.05) is 5.56 Å². The molecule has 0 unspecified atom stereocenters. The van der Waals surface area contributed by atoms with Crippen LogP contribution in [-0.2, 0) is 0 Å². The molecule has 170 valence electrons. The van der Waals surface area contributed by atoms with E-state index in [1.54, 1.807) is 0 Å². The number of rotatable bonds is 2. The second-order valence-electron chi connectivity index (χ2n) is 11.6. The summed E-state index contributed by atoms with van der Waals surface area (Å²) in [6, 6.07) is 18.7. The van der Waals surface area contributed by atoms with E-state index in [0.717, 1.165) is 22.3 Å². The van der Waals surface area contributed by atoms with E-state index in [1.807, 2.05) is 18.2 Å². The van der Waals surface area contributed by atoms with Crippen molar-refractivity contribution in [1.29, 1.82) is 0 Å². The Balaban J connectivity index is 0.000000482. The van der Waals surface area contributed by atoms with Crippen molar-refractivity contribution < 1.29 is 0 Å². The Morgan fingerprint density at radius 1 is 0.719 bits per heavy atom. The van der Waals surface area contributed by atoms with Crippen LogP contribution in [0.1, 0.15) is 58.2 Å². The van der Waals surface area contributed by atoms with Crippen molar-refractivity contribution in [3.8, 4) is 23.4 Å². The van der Waals surface area contributed by atoms with Gasteiger partial charge >= 0.3 is 0 Å². The van der Waals surface area contributed by atoms with Crippen molar-refractivity contribution in [2.45, 2.75) is 77.8 Å². The van der Waals surface area contributed by atoms with Gasteiger partial charge in [0.05, 0.1) is 0 Å². The molecule has 0 atom stereocenters. The van der Waals surface area contributed by atoms with Crippen LogP contribution in [0, 0.1) is 23.4 Å². The third-order valence-corrected chi connectivity index (χ3v) is 16.0. The number of hydrogen-bond donors (Lipinski definition) is 0. The van der Waals surface area contributed by atoms with Gasteiger partial charge in [0.15, 0.2) is 0 Å². The average molecular weight is 459 g/mol. The Bertz CT molecular complexity index is 991. The number of benzene rings is 2. The minimum absolute atomic E-state index is 0.293. The maximum absolute atomic E-state index is 5.40. The van der Waals surface area contributed by atoms with Crippen LogP contribution in [0.4, 0.5) is 0 Å². The molecule has 0 nitrogen and oxygen atoms in total. The van der Waals surface area contributed by atoms with Gasteiger partial charge in [-0.25, -0.2) is 0 Å². The SMILES string of the molecule is C#C[Si](C)(C)C(C)(C)C.C=C(c1ccccc1)c1ccc(C#C[Si](C)(C)C(C)(C)C)cc1. The molecule has 0 fully saturated rings. The fourth-order valence-electron chi connectivity index (χ4n) is 2.19. The molecule has 0 aliphatic rings. The number of hydrogen-bond acceptors (Lipinski definition) is 0. The molecule has 32 heavy (non-hydrogen) atoms. The summed E-state index contributed by atoms with van der Waals surface area (Å²) < 4.78 is 0. The molecule has 2 aromatic carbocycles. The summed E-state index contributed by atoms with van der Waals surface area (Å²) >= 11 is 0. The van der Waals surface area contributed by atoms with Crippen molar-refractivity contribution in [3.63, 3.8) is 0 Å². The zero-order chi connectivity index (χ0) is 24.8. The molecule has 0 aliphatic heterocycles. The highest BCUT2D eigenvalue weighted by Crippen LogP contribution is 2.35. The minimum atomic E-state index is -1.55. The Morgan fingerprint density at radius 3 is 1.53 bits per heavy atom. The van der Waals surface area contributed by atoms with Gasteiger partial charge in [-0.15, -0.1) is 17.5 Å². The van der Waals surface area contributed by atoms with Crippen molar-refractivity contribution in [2.75, 3.05) is 0 Å². The maximum atomic E-state index is 5.40. The largest absolute Gasteiger partial charge is 0.138 e.